The number of carboxylic acids is 1. The lowest BCUT2D eigenvalue weighted by molar-refractivity contribution is -0.132. The third-order valence-electron chi connectivity index (χ3n) is 5.63. The first kappa shape index (κ1) is 27.4. The molecule has 2 unspecified atom stereocenters. The molecule has 1 amide bonds. The fourth-order valence-electron chi connectivity index (χ4n) is 4.04. The number of anilines is 1. The van der Waals surface area contributed by atoms with E-state index >= 15 is 4.39 Å². The number of hydrogen-bond acceptors (Lipinski definition) is 7. The monoisotopic (exact) mass is 524 g/mol. The molecule has 0 saturated carbocycles. The Bertz CT molecular complexity index is 1070. The normalized spacial score (nSPS) is 22.9. The van der Waals surface area contributed by atoms with Crippen LogP contribution in [0, 0.1) is 11.8 Å². The van der Waals surface area contributed by atoms with Crippen LogP contribution in [0.3, 0.4) is 0 Å². The molecule has 36 heavy (non-hydrogen) atoms. The molecule has 2 atom stereocenters. The zero-order chi connectivity index (χ0) is 26.6. The fraction of sp³-hybridized carbons (Fsp3) is 0.500. The summed E-state index contributed by atoms with van der Waals surface area (Å²) >= 11 is 6.15. The van der Waals surface area contributed by atoms with Crippen LogP contribution in [-0.2, 0) is 14.2 Å². The van der Waals surface area contributed by atoms with E-state index in [-0.39, 0.29) is 39.8 Å². The molecule has 196 valence electrons. The summed E-state index contributed by atoms with van der Waals surface area (Å²) in [6.07, 6.45) is -0.891. The van der Waals surface area contributed by atoms with Gasteiger partial charge < -0.3 is 29.5 Å². The number of carboxylic acid groups (broad SMARTS) is 1. The van der Waals surface area contributed by atoms with E-state index in [1.807, 2.05) is 0 Å². The number of nitrogens with one attached hydrogen (secondary N) is 1. The standard InChI is InChI=1S/C24H30ClFN4O6/c1-24(2,3)36-23(33)30-9-14-11-34-12-15(10-30)19(14)35-21(28-5)18(26)20(27-4)29-17-7-6-13(22(31)32)8-16(17)25/h6-8,14-15,19H,5,9-12H2,1-4H3,(H,27,29)(H,31,32). The van der Waals surface area contributed by atoms with E-state index in [1.165, 1.54) is 25.2 Å². The Balaban J connectivity index is 1.77. The maximum Gasteiger partial charge on any atom is 0.410 e. The van der Waals surface area contributed by atoms with Crippen molar-refractivity contribution in [2.45, 2.75) is 32.5 Å². The molecule has 2 saturated heterocycles. The van der Waals surface area contributed by atoms with Crippen LogP contribution < -0.4 is 5.32 Å². The highest BCUT2D eigenvalue weighted by Gasteiger charge is 2.45. The topological polar surface area (TPSA) is 122 Å². The Morgan fingerprint density at radius 1 is 1.28 bits per heavy atom. The van der Waals surface area contributed by atoms with Crippen molar-refractivity contribution < 1.29 is 33.3 Å². The van der Waals surface area contributed by atoms with Gasteiger partial charge >= 0.3 is 12.1 Å². The van der Waals surface area contributed by atoms with E-state index in [9.17, 15) is 9.59 Å². The Morgan fingerprint density at radius 3 is 2.42 bits per heavy atom. The van der Waals surface area contributed by atoms with Gasteiger partial charge in [-0.15, -0.1) is 0 Å². The van der Waals surface area contributed by atoms with Gasteiger partial charge in [0.2, 0.25) is 5.83 Å². The zero-order valence-corrected chi connectivity index (χ0v) is 21.3. The van der Waals surface area contributed by atoms with E-state index in [2.05, 4.69) is 22.0 Å². The number of fused-ring (bicyclic) bond motifs is 2. The quantitative estimate of drug-likeness (QED) is 0.324. The van der Waals surface area contributed by atoms with E-state index < -0.39 is 29.6 Å². The van der Waals surface area contributed by atoms with Crippen LogP contribution in [0.4, 0.5) is 14.9 Å². The average molecular weight is 525 g/mol. The molecule has 2 aliphatic rings. The van der Waals surface area contributed by atoms with Gasteiger partial charge in [-0.05, 0) is 45.7 Å². The van der Waals surface area contributed by atoms with Gasteiger partial charge in [0, 0.05) is 32.0 Å². The van der Waals surface area contributed by atoms with Crippen molar-refractivity contribution in [3.05, 3.63) is 40.5 Å². The lowest BCUT2D eigenvalue weighted by atomic mass is 9.84. The maximum absolute atomic E-state index is 15.5. The highest BCUT2D eigenvalue weighted by Crippen LogP contribution is 2.33. The zero-order valence-electron chi connectivity index (χ0n) is 20.6. The van der Waals surface area contributed by atoms with Gasteiger partial charge in [0.1, 0.15) is 11.7 Å². The van der Waals surface area contributed by atoms with Gasteiger partial charge in [0.05, 0.1) is 29.5 Å². The van der Waals surface area contributed by atoms with Crippen LogP contribution in [-0.4, -0.2) is 79.7 Å². The Hall–Kier alpha value is -3.18. The Kier molecular flexibility index (Phi) is 8.57. The summed E-state index contributed by atoms with van der Waals surface area (Å²) in [5.74, 6) is -3.11. The van der Waals surface area contributed by atoms with Crippen molar-refractivity contribution in [3.8, 4) is 0 Å². The summed E-state index contributed by atoms with van der Waals surface area (Å²) in [4.78, 5) is 33.0. The number of amides is 1. The molecular formula is C24H30ClFN4O6. The minimum atomic E-state index is -1.14. The molecule has 0 aliphatic carbocycles. The van der Waals surface area contributed by atoms with Crippen molar-refractivity contribution in [1.29, 1.82) is 0 Å². The predicted molar refractivity (Wildman–Crippen MR) is 134 cm³/mol. The van der Waals surface area contributed by atoms with Gasteiger partial charge in [0.25, 0.3) is 5.88 Å². The molecule has 2 bridgehead atoms. The maximum atomic E-state index is 15.5. The van der Waals surface area contributed by atoms with Crippen LogP contribution in [0.25, 0.3) is 0 Å². The third-order valence-corrected chi connectivity index (χ3v) is 5.95. The summed E-state index contributed by atoms with van der Waals surface area (Å²) in [6.45, 7) is 10.1. The number of rotatable bonds is 6. The predicted octanol–water partition coefficient (Wildman–Crippen LogP) is 4.22. The number of amidine groups is 1. The van der Waals surface area contributed by atoms with Gasteiger partial charge in [-0.3, -0.25) is 4.99 Å². The lowest BCUT2D eigenvalue weighted by Crippen LogP contribution is -2.58. The minimum Gasteiger partial charge on any atom is -0.478 e. The molecule has 0 aromatic heterocycles. The largest absolute Gasteiger partial charge is 0.478 e. The Morgan fingerprint density at radius 2 is 1.92 bits per heavy atom. The van der Waals surface area contributed by atoms with Crippen molar-refractivity contribution in [2.75, 3.05) is 38.7 Å². The number of ether oxygens (including phenoxy) is 3. The van der Waals surface area contributed by atoms with Crippen LogP contribution in [0.1, 0.15) is 31.1 Å². The summed E-state index contributed by atoms with van der Waals surface area (Å²) in [7, 11) is 1.37. The molecule has 2 aliphatic heterocycles. The number of carbonyl (C=O) groups is 2. The fourth-order valence-corrected chi connectivity index (χ4v) is 4.27. The number of aliphatic imine (C=N–C) groups is 2. The van der Waals surface area contributed by atoms with Gasteiger partial charge in [-0.2, -0.15) is 4.39 Å². The first-order valence-corrected chi connectivity index (χ1v) is 11.7. The first-order chi connectivity index (χ1) is 16.9. The second-order valence-electron chi connectivity index (χ2n) is 9.50. The van der Waals surface area contributed by atoms with Crippen LogP contribution >= 0.6 is 11.6 Å². The highest BCUT2D eigenvalue weighted by atomic mass is 35.5. The summed E-state index contributed by atoms with van der Waals surface area (Å²) < 4.78 is 32.6. The first-order valence-electron chi connectivity index (χ1n) is 11.3. The number of likely N-dealkylation sites (tertiary alicyclic amines) is 1. The molecule has 1 aromatic rings. The molecule has 0 spiro atoms. The van der Waals surface area contributed by atoms with Crippen LogP contribution in [0.15, 0.2) is 39.9 Å². The number of hydrogen-bond donors (Lipinski definition) is 2. The summed E-state index contributed by atoms with van der Waals surface area (Å²) in [6, 6.07) is 3.97. The number of piperidine rings is 1. The van der Waals surface area contributed by atoms with Gasteiger partial charge in [-0.1, -0.05) is 11.6 Å². The van der Waals surface area contributed by atoms with E-state index in [1.54, 1.807) is 25.7 Å². The average Bonchev–Trinajstić information content (AvgIpc) is 2.79. The number of nitrogens with zero attached hydrogens (tertiary/aromatic N) is 3. The van der Waals surface area contributed by atoms with E-state index in [4.69, 9.17) is 30.9 Å². The van der Waals surface area contributed by atoms with Crippen molar-refractivity contribution >= 4 is 41.9 Å². The molecule has 3 rings (SSSR count). The van der Waals surface area contributed by atoms with Crippen molar-refractivity contribution in [2.24, 2.45) is 21.8 Å². The summed E-state index contributed by atoms with van der Waals surface area (Å²) in [5, 5.41) is 11.9. The number of benzene rings is 1. The second-order valence-corrected chi connectivity index (χ2v) is 9.91. The molecule has 2 N–H and O–H groups in total. The number of halogens is 2. The lowest BCUT2D eigenvalue weighted by Gasteiger charge is -2.46. The molecule has 1 aromatic carbocycles. The van der Waals surface area contributed by atoms with Crippen molar-refractivity contribution in [3.63, 3.8) is 0 Å². The molecule has 2 heterocycles. The Labute approximate surface area is 213 Å². The highest BCUT2D eigenvalue weighted by molar-refractivity contribution is 6.34. The summed E-state index contributed by atoms with van der Waals surface area (Å²) in [5.41, 5.74) is -0.390. The number of carbonyl (C=O) groups excluding carboxylic acids is 1. The van der Waals surface area contributed by atoms with E-state index in [0.29, 0.717) is 26.3 Å². The van der Waals surface area contributed by atoms with Crippen LogP contribution in [0.2, 0.25) is 5.02 Å². The smallest absolute Gasteiger partial charge is 0.410 e. The van der Waals surface area contributed by atoms with Gasteiger partial charge in [-0.25, -0.2) is 14.6 Å². The van der Waals surface area contributed by atoms with Gasteiger partial charge in [0.15, 0.2) is 5.84 Å². The number of aromatic carboxylic acids is 1. The SMILES string of the molecule is C=NC(OC1C2COCC1CN(C(=O)OC(C)(C)C)C2)=C(F)C(=NC)Nc1ccc(C(=O)O)cc1Cl. The van der Waals surface area contributed by atoms with Crippen molar-refractivity contribution in [1.82, 2.24) is 4.90 Å². The molecule has 2 fully saturated rings. The molecule has 10 nitrogen and oxygen atoms in total. The molecule has 0 radical (unpaired) electrons. The molecular weight excluding hydrogens is 495 g/mol. The van der Waals surface area contributed by atoms with Crippen LogP contribution in [0.5, 0.6) is 0 Å². The third kappa shape index (κ3) is 6.52. The minimum absolute atomic E-state index is 0.0141. The molecule has 12 heteroatoms. The second kappa shape index (κ2) is 11.3. The van der Waals surface area contributed by atoms with E-state index in [0.717, 1.165) is 0 Å².